The summed E-state index contributed by atoms with van der Waals surface area (Å²) in [5, 5.41) is 12.5. The highest BCUT2D eigenvalue weighted by molar-refractivity contribution is 7.88. The standard InChI is InChI=1S/C25H26ClF3N8O2S/c1-40(38,39)37-7-5-18(6-8-37)33-24-31-10-19(25(27,28)29)23(34-24)20-14-36(15-32-20)21-4-2-3-17(22(21)26)13-35-11-16(9-30)12-35/h2-4,10,14-16,18H,5-8,11-13H2,1H3,(H,31,33,34). The zero-order chi connectivity index (χ0) is 28.7. The Morgan fingerprint density at radius 2 is 1.93 bits per heavy atom. The van der Waals surface area contributed by atoms with Crippen LogP contribution in [0.4, 0.5) is 19.1 Å². The Balaban J connectivity index is 1.38. The Morgan fingerprint density at radius 3 is 2.58 bits per heavy atom. The zero-order valence-corrected chi connectivity index (χ0v) is 23.0. The third-order valence-corrected chi connectivity index (χ3v) is 8.79. The molecule has 212 valence electrons. The monoisotopic (exact) mass is 594 g/mol. The summed E-state index contributed by atoms with van der Waals surface area (Å²) in [5.41, 5.74) is -0.0376. The molecule has 2 aliphatic rings. The van der Waals surface area contributed by atoms with Gasteiger partial charge in [0.1, 0.15) is 23.3 Å². The molecule has 0 radical (unpaired) electrons. The molecule has 40 heavy (non-hydrogen) atoms. The number of likely N-dealkylation sites (tertiary alicyclic amines) is 1. The number of nitrogens with zero attached hydrogens (tertiary/aromatic N) is 7. The van der Waals surface area contributed by atoms with E-state index < -0.39 is 21.8 Å². The van der Waals surface area contributed by atoms with Gasteiger partial charge in [0.2, 0.25) is 16.0 Å². The van der Waals surface area contributed by atoms with Gasteiger partial charge in [0.05, 0.1) is 29.0 Å². The van der Waals surface area contributed by atoms with Crippen molar-refractivity contribution in [3.05, 3.63) is 53.1 Å². The van der Waals surface area contributed by atoms with Gasteiger partial charge in [0.15, 0.2) is 0 Å². The molecule has 0 bridgehead atoms. The van der Waals surface area contributed by atoms with Gasteiger partial charge < -0.3 is 9.88 Å². The maximum absolute atomic E-state index is 13.9. The molecule has 1 N–H and O–H groups in total. The van der Waals surface area contributed by atoms with Gasteiger partial charge in [0, 0.05) is 51.2 Å². The quantitative estimate of drug-likeness (QED) is 0.439. The number of aromatic nitrogens is 4. The number of rotatable bonds is 7. The first-order valence-electron chi connectivity index (χ1n) is 12.5. The van der Waals surface area contributed by atoms with Gasteiger partial charge in [-0.2, -0.15) is 18.4 Å². The molecule has 10 nitrogen and oxygen atoms in total. The Kier molecular flexibility index (Phi) is 7.75. The second-order valence-corrected chi connectivity index (χ2v) is 12.3. The molecule has 0 aliphatic carbocycles. The molecular formula is C25H26ClF3N8O2S. The van der Waals surface area contributed by atoms with Crippen LogP contribution in [0.25, 0.3) is 17.1 Å². The largest absolute Gasteiger partial charge is 0.420 e. The molecule has 0 saturated carbocycles. The molecule has 2 aliphatic heterocycles. The summed E-state index contributed by atoms with van der Waals surface area (Å²) in [6.07, 6.45) is 0.902. The molecule has 1 aromatic carbocycles. The lowest BCUT2D eigenvalue weighted by Crippen LogP contribution is -2.45. The van der Waals surface area contributed by atoms with E-state index in [1.807, 2.05) is 6.07 Å². The van der Waals surface area contributed by atoms with E-state index in [1.165, 1.54) is 16.8 Å². The lowest BCUT2D eigenvalue weighted by Gasteiger charge is -2.35. The fourth-order valence-electron chi connectivity index (χ4n) is 4.85. The molecule has 4 heterocycles. The maximum atomic E-state index is 13.9. The van der Waals surface area contributed by atoms with Crippen LogP contribution >= 0.6 is 11.6 Å². The van der Waals surface area contributed by atoms with Crippen molar-refractivity contribution in [3.8, 4) is 23.1 Å². The number of nitriles is 1. The van der Waals surface area contributed by atoms with Crippen LogP contribution in [0.2, 0.25) is 5.02 Å². The minimum atomic E-state index is -4.71. The normalized spacial score (nSPS) is 17.9. The van der Waals surface area contributed by atoms with E-state index in [0.29, 0.717) is 56.3 Å². The molecule has 2 fully saturated rings. The highest BCUT2D eigenvalue weighted by Crippen LogP contribution is 2.36. The molecule has 5 rings (SSSR count). The Hall–Kier alpha value is -3.25. The van der Waals surface area contributed by atoms with Gasteiger partial charge in [0.25, 0.3) is 0 Å². The number of hydrogen-bond donors (Lipinski definition) is 1. The van der Waals surface area contributed by atoms with Crippen LogP contribution in [0.1, 0.15) is 24.0 Å². The molecule has 0 amide bonds. The summed E-state index contributed by atoms with van der Waals surface area (Å²) < 4.78 is 68.1. The van der Waals surface area contributed by atoms with Crippen LogP contribution in [-0.4, -0.2) is 75.6 Å². The van der Waals surface area contributed by atoms with E-state index >= 15 is 0 Å². The number of benzene rings is 1. The van der Waals surface area contributed by atoms with Gasteiger partial charge in [-0.1, -0.05) is 23.7 Å². The van der Waals surface area contributed by atoms with Crippen molar-refractivity contribution < 1.29 is 21.6 Å². The Bertz CT molecular complexity index is 1540. The average molecular weight is 595 g/mol. The van der Waals surface area contributed by atoms with Crippen molar-refractivity contribution in [2.75, 3.05) is 37.8 Å². The maximum Gasteiger partial charge on any atom is 0.420 e. The summed E-state index contributed by atoms with van der Waals surface area (Å²) in [6.45, 7) is 2.46. The number of sulfonamides is 1. The SMILES string of the molecule is CS(=O)(=O)N1CCC(Nc2ncc(C(F)(F)F)c(-c3cn(-c4cccc(CN5CC(C#N)C5)c4Cl)cn3)n2)CC1. The third-order valence-electron chi connectivity index (χ3n) is 7.05. The zero-order valence-electron chi connectivity index (χ0n) is 21.4. The molecule has 2 saturated heterocycles. The van der Waals surface area contributed by atoms with E-state index in [2.05, 4.69) is 31.2 Å². The highest BCUT2D eigenvalue weighted by atomic mass is 35.5. The van der Waals surface area contributed by atoms with E-state index in [0.717, 1.165) is 18.0 Å². The van der Waals surface area contributed by atoms with Crippen LogP contribution in [-0.2, 0) is 22.7 Å². The van der Waals surface area contributed by atoms with Crippen LogP contribution in [0.3, 0.4) is 0 Å². The van der Waals surface area contributed by atoms with Crippen molar-refractivity contribution >= 4 is 27.6 Å². The van der Waals surface area contributed by atoms with E-state index in [-0.39, 0.29) is 29.3 Å². The fraction of sp³-hybridized carbons (Fsp3) is 0.440. The predicted octanol–water partition coefficient (Wildman–Crippen LogP) is 3.79. The number of hydrogen-bond acceptors (Lipinski definition) is 8. The van der Waals surface area contributed by atoms with Gasteiger partial charge in [-0.15, -0.1) is 0 Å². The number of halogens is 4. The van der Waals surface area contributed by atoms with Gasteiger partial charge in [-0.3, -0.25) is 4.90 Å². The highest BCUT2D eigenvalue weighted by Gasteiger charge is 2.36. The first-order chi connectivity index (χ1) is 18.9. The Labute approximate surface area is 234 Å². The summed E-state index contributed by atoms with van der Waals surface area (Å²) in [4.78, 5) is 14.4. The lowest BCUT2D eigenvalue weighted by molar-refractivity contribution is -0.137. The molecular weight excluding hydrogens is 569 g/mol. The minimum absolute atomic E-state index is 0.000562. The second-order valence-electron chi connectivity index (χ2n) is 9.97. The number of imidazole rings is 1. The molecule has 0 unspecified atom stereocenters. The first kappa shape index (κ1) is 28.3. The molecule has 15 heteroatoms. The molecule has 0 spiro atoms. The molecule has 3 aromatic rings. The van der Waals surface area contributed by atoms with E-state index in [1.54, 1.807) is 16.7 Å². The van der Waals surface area contributed by atoms with E-state index in [4.69, 9.17) is 16.9 Å². The smallest absolute Gasteiger partial charge is 0.351 e. The third kappa shape index (κ3) is 6.07. The lowest BCUT2D eigenvalue weighted by atomic mass is 10.0. The topological polar surface area (TPSA) is 120 Å². The second kappa shape index (κ2) is 11.0. The van der Waals surface area contributed by atoms with Crippen molar-refractivity contribution in [1.82, 2.24) is 28.7 Å². The summed E-state index contributed by atoms with van der Waals surface area (Å²) in [5.74, 6) is 0.00846. The summed E-state index contributed by atoms with van der Waals surface area (Å²) in [6, 6.07) is 7.45. The first-order valence-corrected chi connectivity index (χ1v) is 14.7. The van der Waals surface area contributed by atoms with Crippen molar-refractivity contribution in [2.24, 2.45) is 5.92 Å². The minimum Gasteiger partial charge on any atom is -0.351 e. The number of alkyl halides is 3. The number of nitrogens with one attached hydrogen (secondary N) is 1. The van der Waals surface area contributed by atoms with E-state index in [9.17, 15) is 21.6 Å². The average Bonchev–Trinajstić information content (AvgIpc) is 3.36. The van der Waals surface area contributed by atoms with Crippen LogP contribution in [0.5, 0.6) is 0 Å². The van der Waals surface area contributed by atoms with Crippen LogP contribution < -0.4 is 5.32 Å². The fourth-order valence-corrected chi connectivity index (χ4v) is 6.01. The number of anilines is 1. The number of piperidine rings is 1. The summed E-state index contributed by atoms with van der Waals surface area (Å²) in [7, 11) is -3.31. The van der Waals surface area contributed by atoms with Crippen molar-refractivity contribution in [1.29, 1.82) is 5.26 Å². The van der Waals surface area contributed by atoms with Crippen LogP contribution in [0.15, 0.2) is 36.9 Å². The van der Waals surface area contributed by atoms with Crippen molar-refractivity contribution in [2.45, 2.75) is 31.6 Å². The van der Waals surface area contributed by atoms with Gasteiger partial charge in [-0.25, -0.2) is 27.7 Å². The predicted molar refractivity (Wildman–Crippen MR) is 142 cm³/mol. The van der Waals surface area contributed by atoms with Gasteiger partial charge >= 0.3 is 6.18 Å². The van der Waals surface area contributed by atoms with Gasteiger partial charge in [-0.05, 0) is 24.5 Å². The summed E-state index contributed by atoms with van der Waals surface area (Å²) >= 11 is 6.67. The van der Waals surface area contributed by atoms with Crippen LogP contribution in [0, 0.1) is 17.2 Å². The Morgan fingerprint density at radius 1 is 1.20 bits per heavy atom. The molecule has 2 aromatic heterocycles. The van der Waals surface area contributed by atoms with Crippen molar-refractivity contribution in [3.63, 3.8) is 0 Å². The molecule has 0 atom stereocenters.